The summed E-state index contributed by atoms with van der Waals surface area (Å²) in [5, 5.41) is 6.92. The quantitative estimate of drug-likeness (QED) is 0.662. The molecular weight excluding hydrogens is 350 g/mol. The third kappa shape index (κ3) is 4.37. The number of nitrogens with zero attached hydrogens (tertiary/aromatic N) is 3. The number of rotatable bonds is 7. The third-order valence-corrected chi connectivity index (χ3v) is 4.71. The maximum absolute atomic E-state index is 12.6. The second-order valence-corrected chi connectivity index (χ2v) is 7.20. The summed E-state index contributed by atoms with van der Waals surface area (Å²) in [6.07, 6.45) is 2.85. The van der Waals surface area contributed by atoms with Gasteiger partial charge in [0.05, 0.1) is 29.3 Å². The monoisotopic (exact) mass is 373 g/mol. The summed E-state index contributed by atoms with van der Waals surface area (Å²) >= 11 is 1.74. The summed E-state index contributed by atoms with van der Waals surface area (Å²) in [7, 11) is 1.73. The minimum Gasteiger partial charge on any atom is -0.359 e. The summed E-state index contributed by atoms with van der Waals surface area (Å²) in [6.45, 7) is 2.22. The number of thioether (sulfide) groups is 1. The Morgan fingerprint density at radius 1 is 1.42 bits per heavy atom. The number of benzene rings is 1. The molecule has 1 unspecified atom stereocenters. The normalized spacial score (nSPS) is 12.3. The van der Waals surface area contributed by atoms with Crippen LogP contribution in [-0.4, -0.2) is 45.1 Å². The van der Waals surface area contributed by atoms with E-state index in [1.165, 1.54) is 0 Å². The van der Waals surface area contributed by atoms with Crippen molar-refractivity contribution in [3.05, 3.63) is 47.6 Å². The SMILES string of the molecule is CSCCC(NC(=O)N(C)Cc1cc(C)no1)c1nc2ccccc2[nH]1. The van der Waals surface area contributed by atoms with Crippen LogP contribution in [0.5, 0.6) is 0 Å². The van der Waals surface area contributed by atoms with E-state index in [1.807, 2.05) is 37.3 Å². The minimum absolute atomic E-state index is 0.175. The Labute approximate surface area is 156 Å². The molecule has 0 radical (unpaired) electrons. The zero-order chi connectivity index (χ0) is 18.5. The van der Waals surface area contributed by atoms with E-state index < -0.39 is 0 Å². The average molecular weight is 373 g/mol. The lowest BCUT2D eigenvalue weighted by Gasteiger charge is -2.21. The Morgan fingerprint density at radius 3 is 2.92 bits per heavy atom. The number of carbonyl (C=O) groups excluding carboxylic acids is 1. The van der Waals surface area contributed by atoms with Gasteiger partial charge in [0.15, 0.2) is 5.76 Å². The van der Waals surface area contributed by atoms with E-state index >= 15 is 0 Å². The highest BCUT2D eigenvalue weighted by Crippen LogP contribution is 2.20. The van der Waals surface area contributed by atoms with Gasteiger partial charge in [-0.1, -0.05) is 17.3 Å². The van der Waals surface area contributed by atoms with Crippen LogP contribution in [0.1, 0.15) is 29.7 Å². The number of nitrogens with one attached hydrogen (secondary N) is 2. The van der Waals surface area contributed by atoms with E-state index in [0.717, 1.165) is 34.7 Å². The number of H-pyrrole nitrogens is 1. The first kappa shape index (κ1) is 18.3. The van der Waals surface area contributed by atoms with Gasteiger partial charge in [0.1, 0.15) is 5.82 Å². The van der Waals surface area contributed by atoms with E-state index in [1.54, 1.807) is 23.7 Å². The second kappa shape index (κ2) is 8.27. The molecule has 0 fully saturated rings. The molecule has 0 aliphatic rings. The predicted molar refractivity (Wildman–Crippen MR) is 103 cm³/mol. The number of amides is 2. The zero-order valence-corrected chi connectivity index (χ0v) is 16.0. The fourth-order valence-corrected chi connectivity index (χ4v) is 3.18. The van der Waals surface area contributed by atoms with Crippen molar-refractivity contribution in [1.82, 2.24) is 25.3 Å². The molecule has 3 aromatic rings. The summed E-state index contributed by atoms with van der Waals surface area (Å²) < 4.78 is 5.19. The van der Waals surface area contributed by atoms with Crippen molar-refractivity contribution in [2.75, 3.05) is 19.1 Å². The van der Waals surface area contributed by atoms with E-state index in [4.69, 9.17) is 4.52 Å². The lowest BCUT2D eigenvalue weighted by molar-refractivity contribution is 0.196. The molecule has 2 N–H and O–H groups in total. The molecule has 0 bridgehead atoms. The lowest BCUT2D eigenvalue weighted by atomic mass is 10.2. The van der Waals surface area contributed by atoms with Crippen LogP contribution in [0.15, 0.2) is 34.9 Å². The number of urea groups is 1. The summed E-state index contributed by atoms with van der Waals surface area (Å²) in [6, 6.07) is 9.34. The van der Waals surface area contributed by atoms with E-state index in [9.17, 15) is 4.79 Å². The van der Waals surface area contributed by atoms with Crippen molar-refractivity contribution in [3.63, 3.8) is 0 Å². The van der Waals surface area contributed by atoms with Gasteiger partial charge < -0.3 is 19.7 Å². The molecule has 0 saturated heterocycles. The van der Waals surface area contributed by atoms with Gasteiger partial charge >= 0.3 is 6.03 Å². The molecule has 26 heavy (non-hydrogen) atoms. The van der Waals surface area contributed by atoms with Crippen molar-refractivity contribution in [1.29, 1.82) is 0 Å². The number of fused-ring (bicyclic) bond motifs is 1. The topological polar surface area (TPSA) is 87.1 Å². The molecule has 2 aromatic heterocycles. The Balaban J connectivity index is 1.71. The van der Waals surface area contributed by atoms with Gasteiger partial charge in [-0.2, -0.15) is 11.8 Å². The molecule has 1 aromatic carbocycles. The number of aromatic amines is 1. The molecule has 2 heterocycles. The molecule has 0 aliphatic heterocycles. The Kier molecular flexibility index (Phi) is 5.82. The fraction of sp³-hybridized carbons (Fsp3) is 0.389. The standard InChI is InChI=1S/C18H23N5O2S/c1-12-10-13(25-22-12)11-23(2)18(24)21-16(8-9-26-3)17-19-14-6-4-5-7-15(14)20-17/h4-7,10,16H,8-9,11H2,1-3H3,(H,19,20)(H,21,24). The van der Waals surface area contributed by atoms with Crippen LogP contribution in [0.2, 0.25) is 0 Å². The summed E-state index contributed by atoms with van der Waals surface area (Å²) in [5.41, 5.74) is 2.67. The van der Waals surface area contributed by atoms with Crippen LogP contribution in [0.4, 0.5) is 4.79 Å². The van der Waals surface area contributed by atoms with Gasteiger partial charge in [-0.15, -0.1) is 0 Å². The highest BCUT2D eigenvalue weighted by atomic mass is 32.2. The number of aryl methyl sites for hydroxylation is 1. The molecule has 7 nitrogen and oxygen atoms in total. The number of carbonyl (C=O) groups is 1. The number of hydrogen-bond donors (Lipinski definition) is 2. The number of imidazole rings is 1. The fourth-order valence-electron chi connectivity index (χ4n) is 2.71. The maximum atomic E-state index is 12.6. The minimum atomic E-state index is -0.179. The molecular formula is C18H23N5O2S. The molecule has 3 rings (SSSR count). The predicted octanol–water partition coefficient (Wildman–Crippen LogP) is 3.50. The van der Waals surface area contributed by atoms with Crippen molar-refractivity contribution >= 4 is 28.8 Å². The Hall–Kier alpha value is -2.48. The van der Waals surface area contributed by atoms with Crippen LogP contribution < -0.4 is 5.32 Å². The van der Waals surface area contributed by atoms with E-state index in [-0.39, 0.29) is 12.1 Å². The van der Waals surface area contributed by atoms with Gasteiger partial charge in [0.25, 0.3) is 0 Å². The van der Waals surface area contributed by atoms with Crippen LogP contribution in [0.25, 0.3) is 11.0 Å². The highest BCUT2D eigenvalue weighted by molar-refractivity contribution is 7.98. The van der Waals surface area contributed by atoms with Gasteiger partial charge in [0.2, 0.25) is 0 Å². The van der Waals surface area contributed by atoms with Crippen LogP contribution in [0, 0.1) is 6.92 Å². The van der Waals surface area contributed by atoms with Gasteiger partial charge in [-0.05, 0) is 37.5 Å². The highest BCUT2D eigenvalue weighted by Gasteiger charge is 2.21. The number of aromatic nitrogens is 3. The van der Waals surface area contributed by atoms with Crippen LogP contribution in [-0.2, 0) is 6.54 Å². The smallest absolute Gasteiger partial charge is 0.318 e. The molecule has 2 amide bonds. The summed E-state index contributed by atoms with van der Waals surface area (Å²) in [5.74, 6) is 2.36. The molecule has 8 heteroatoms. The lowest BCUT2D eigenvalue weighted by Crippen LogP contribution is -2.39. The molecule has 0 aliphatic carbocycles. The van der Waals surface area contributed by atoms with Crippen molar-refractivity contribution < 1.29 is 9.32 Å². The summed E-state index contributed by atoms with van der Waals surface area (Å²) in [4.78, 5) is 22.2. The molecule has 0 saturated carbocycles. The molecule has 0 spiro atoms. The molecule has 138 valence electrons. The second-order valence-electron chi connectivity index (χ2n) is 6.21. The van der Waals surface area contributed by atoms with Gasteiger partial charge in [-0.25, -0.2) is 9.78 Å². The van der Waals surface area contributed by atoms with Crippen LogP contribution >= 0.6 is 11.8 Å². The van der Waals surface area contributed by atoms with Crippen LogP contribution in [0.3, 0.4) is 0 Å². The van der Waals surface area contributed by atoms with E-state index in [2.05, 4.69) is 26.7 Å². The van der Waals surface area contributed by atoms with Gasteiger partial charge in [-0.3, -0.25) is 0 Å². The first-order valence-corrected chi connectivity index (χ1v) is 9.83. The largest absolute Gasteiger partial charge is 0.359 e. The Bertz CT molecular complexity index is 842. The Morgan fingerprint density at radius 2 is 2.23 bits per heavy atom. The van der Waals surface area contributed by atoms with Crippen molar-refractivity contribution in [2.45, 2.75) is 25.9 Å². The maximum Gasteiger partial charge on any atom is 0.318 e. The van der Waals surface area contributed by atoms with Crippen molar-refractivity contribution in [3.8, 4) is 0 Å². The molecule has 1 atom stereocenters. The third-order valence-electron chi connectivity index (χ3n) is 4.06. The first-order chi connectivity index (χ1) is 12.6. The first-order valence-electron chi connectivity index (χ1n) is 8.44. The van der Waals surface area contributed by atoms with Gasteiger partial charge in [0, 0.05) is 13.1 Å². The average Bonchev–Trinajstić information content (AvgIpc) is 3.24. The zero-order valence-electron chi connectivity index (χ0n) is 15.2. The van der Waals surface area contributed by atoms with Crippen molar-refractivity contribution in [2.24, 2.45) is 0 Å². The number of hydrogen-bond acceptors (Lipinski definition) is 5. The van der Waals surface area contributed by atoms with E-state index in [0.29, 0.717) is 12.3 Å². The number of para-hydroxylation sites is 2.